The minimum atomic E-state index is -0.127. The lowest BCUT2D eigenvalue weighted by atomic mass is 10.1. The third-order valence-electron chi connectivity index (χ3n) is 5.51. The van der Waals surface area contributed by atoms with Gasteiger partial charge in [-0.3, -0.25) is 9.88 Å². The minimum Gasteiger partial charge on any atom is -0.393 e. The van der Waals surface area contributed by atoms with E-state index in [1.807, 2.05) is 18.2 Å². The van der Waals surface area contributed by atoms with Crippen molar-refractivity contribution in [3.63, 3.8) is 0 Å². The molecule has 0 radical (unpaired) electrons. The highest BCUT2D eigenvalue weighted by Crippen LogP contribution is 2.22. The normalized spacial score (nSPS) is 16.5. The molecule has 1 aliphatic rings. The monoisotopic (exact) mass is 388 g/mol. The van der Waals surface area contributed by atoms with Gasteiger partial charge >= 0.3 is 0 Å². The number of rotatable bonds is 6. The standard InChI is InChI=1S/C24H28N4O/c1-18(20-5-3-2-4-6-20)26-24-16-25-15-23(27-24)21-9-7-19(8-10-21)17-28-13-11-22(29)12-14-28/h2-10,15-16,18,22,29H,11-14,17H2,1H3,(H,26,27). The Morgan fingerprint density at radius 1 is 1.03 bits per heavy atom. The zero-order valence-corrected chi connectivity index (χ0v) is 16.8. The Kier molecular flexibility index (Phi) is 6.17. The van der Waals surface area contributed by atoms with Crippen LogP contribution in [0.1, 0.15) is 36.9 Å². The number of piperidine rings is 1. The van der Waals surface area contributed by atoms with E-state index in [0.717, 1.165) is 49.6 Å². The Morgan fingerprint density at radius 3 is 2.48 bits per heavy atom. The first-order valence-corrected chi connectivity index (χ1v) is 10.3. The number of aromatic nitrogens is 2. The molecule has 2 N–H and O–H groups in total. The second-order valence-electron chi connectivity index (χ2n) is 7.77. The first-order valence-electron chi connectivity index (χ1n) is 10.3. The third-order valence-corrected chi connectivity index (χ3v) is 5.51. The number of likely N-dealkylation sites (tertiary alicyclic amines) is 1. The van der Waals surface area contributed by atoms with Gasteiger partial charge in [-0.1, -0.05) is 54.6 Å². The predicted octanol–water partition coefficient (Wildman–Crippen LogP) is 4.27. The molecule has 0 aliphatic carbocycles. The summed E-state index contributed by atoms with van der Waals surface area (Å²) < 4.78 is 0. The summed E-state index contributed by atoms with van der Waals surface area (Å²) in [6, 6.07) is 19.0. The molecule has 2 aromatic carbocycles. The van der Waals surface area contributed by atoms with Crippen LogP contribution in [0, 0.1) is 0 Å². The van der Waals surface area contributed by atoms with Gasteiger partial charge in [0.25, 0.3) is 0 Å². The van der Waals surface area contributed by atoms with Gasteiger partial charge < -0.3 is 10.4 Å². The summed E-state index contributed by atoms with van der Waals surface area (Å²) >= 11 is 0. The van der Waals surface area contributed by atoms with Crippen LogP contribution in [0.5, 0.6) is 0 Å². The van der Waals surface area contributed by atoms with Crippen LogP contribution in [0.2, 0.25) is 0 Å². The predicted molar refractivity (Wildman–Crippen MR) is 116 cm³/mol. The van der Waals surface area contributed by atoms with E-state index in [1.54, 1.807) is 12.4 Å². The topological polar surface area (TPSA) is 61.3 Å². The van der Waals surface area contributed by atoms with Crippen molar-refractivity contribution in [3.8, 4) is 11.3 Å². The zero-order chi connectivity index (χ0) is 20.1. The quantitative estimate of drug-likeness (QED) is 0.660. The Bertz CT molecular complexity index is 906. The Hall–Kier alpha value is -2.76. The Labute approximate surface area is 172 Å². The molecule has 150 valence electrons. The van der Waals surface area contributed by atoms with Gasteiger partial charge in [0.2, 0.25) is 0 Å². The molecule has 29 heavy (non-hydrogen) atoms. The highest BCUT2D eigenvalue weighted by molar-refractivity contribution is 5.60. The van der Waals surface area contributed by atoms with E-state index in [2.05, 4.69) is 58.5 Å². The molecule has 0 amide bonds. The molecule has 3 aromatic rings. The van der Waals surface area contributed by atoms with Crippen LogP contribution < -0.4 is 5.32 Å². The van der Waals surface area contributed by atoms with Crippen LogP contribution in [0.15, 0.2) is 67.0 Å². The molecule has 5 heteroatoms. The van der Waals surface area contributed by atoms with Gasteiger partial charge in [-0.25, -0.2) is 4.98 Å². The molecule has 1 fully saturated rings. The maximum Gasteiger partial charge on any atom is 0.145 e. The van der Waals surface area contributed by atoms with E-state index in [4.69, 9.17) is 4.98 Å². The molecule has 4 rings (SSSR count). The first kappa shape index (κ1) is 19.6. The third kappa shape index (κ3) is 5.19. The maximum absolute atomic E-state index is 9.65. The lowest BCUT2D eigenvalue weighted by molar-refractivity contribution is 0.0792. The lowest BCUT2D eigenvalue weighted by Crippen LogP contribution is -2.35. The second-order valence-corrected chi connectivity index (χ2v) is 7.77. The SMILES string of the molecule is CC(Nc1cncc(-c2ccc(CN3CCC(O)CC3)cc2)n1)c1ccccc1. The largest absolute Gasteiger partial charge is 0.393 e. The molecule has 1 aromatic heterocycles. The van der Waals surface area contributed by atoms with Crippen molar-refractivity contribution in [3.05, 3.63) is 78.1 Å². The van der Waals surface area contributed by atoms with Crippen molar-refractivity contribution in [1.29, 1.82) is 0 Å². The highest BCUT2D eigenvalue weighted by atomic mass is 16.3. The van der Waals surface area contributed by atoms with Crippen molar-refractivity contribution in [2.24, 2.45) is 0 Å². The van der Waals surface area contributed by atoms with Crippen molar-refractivity contribution in [2.45, 2.75) is 38.5 Å². The van der Waals surface area contributed by atoms with E-state index < -0.39 is 0 Å². The number of hydrogen-bond acceptors (Lipinski definition) is 5. The lowest BCUT2D eigenvalue weighted by Gasteiger charge is -2.29. The number of benzene rings is 2. The van der Waals surface area contributed by atoms with Crippen LogP contribution in [0.4, 0.5) is 5.82 Å². The van der Waals surface area contributed by atoms with Crippen molar-refractivity contribution in [2.75, 3.05) is 18.4 Å². The fourth-order valence-electron chi connectivity index (χ4n) is 3.74. The molecule has 2 heterocycles. The van der Waals surface area contributed by atoms with Gasteiger partial charge in [-0.2, -0.15) is 0 Å². The Morgan fingerprint density at radius 2 is 1.76 bits per heavy atom. The molecule has 1 aliphatic heterocycles. The van der Waals surface area contributed by atoms with Gasteiger partial charge in [0.1, 0.15) is 5.82 Å². The maximum atomic E-state index is 9.65. The molecule has 0 spiro atoms. The van der Waals surface area contributed by atoms with E-state index in [1.165, 1.54) is 11.1 Å². The fraction of sp³-hybridized carbons (Fsp3) is 0.333. The molecule has 0 bridgehead atoms. The van der Waals surface area contributed by atoms with Crippen LogP contribution >= 0.6 is 0 Å². The summed E-state index contributed by atoms with van der Waals surface area (Å²) in [4.78, 5) is 11.5. The highest BCUT2D eigenvalue weighted by Gasteiger charge is 2.16. The summed E-state index contributed by atoms with van der Waals surface area (Å²) in [7, 11) is 0. The van der Waals surface area contributed by atoms with E-state index in [9.17, 15) is 5.11 Å². The fourth-order valence-corrected chi connectivity index (χ4v) is 3.74. The average Bonchev–Trinajstić information content (AvgIpc) is 2.77. The van der Waals surface area contributed by atoms with Gasteiger partial charge in [-0.15, -0.1) is 0 Å². The van der Waals surface area contributed by atoms with Crippen molar-refractivity contribution < 1.29 is 5.11 Å². The van der Waals surface area contributed by atoms with Crippen LogP contribution in [-0.2, 0) is 6.54 Å². The van der Waals surface area contributed by atoms with Gasteiger partial charge in [0.15, 0.2) is 0 Å². The van der Waals surface area contributed by atoms with E-state index in [0.29, 0.717) is 0 Å². The number of hydrogen-bond donors (Lipinski definition) is 2. The van der Waals surface area contributed by atoms with Crippen molar-refractivity contribution >= 4 is 5.82 Å². The summed E-state index contributed by atoms with van der Waals surface area (Å²) in [6.45, 7) is 4.97. The van der Waals surface area contributed by atoms with E-state index in [-0.39, 0.29) is 12.1 Å². The molecule has 1 saturated heterocycles. The summed E-state index contributed by atoms with van der Waals surface area (Å²) in [5.41, 5.74) is 4.42. The molecule has 1 atom stereocenters. The molecule has 1 unspecified atom stereocenters. The summed E-state index contributed by atoms with van der Waals surface area (Å²) in [5.74, 6) is 0.773. The summed E-state index contributed by atoms with van der Waals surface area (Å²) in [5, 5.41) is 13.1. The molecule has 0 saturated carbocycles. The number of nitrogens with one attached hydrogen (secondary N) is 1. The number of aliphatic hydroxyl groups excluding tert-OH is 1. The number of anilines is 1. The van der Waals surface area contributed by atoms with Crippen LogP contribution in [0.25, 0.3) is 11.3 Å². The van der Waals surface area contributed by atoms with Gasteiger partial charge in [-0.05, 0) is 30.9 Å². The smallest absolute Gasteiger partial charge is 0.145 e. The van der Waals surface area contributed by atoms with Crippen LogP contribution in [0.3, 0.4) is 0 Å². The Balaban J connectivity index is 1.41. The molecule has 5 nitrogen and oxygen atoms in total. The average molecular weight is 389 g/mol. The minimum absolute atomic E-state index is 0.127. The zero-order valence-electron chi connectivity index (χ0n) is 16.8. The van der Waals surface area contributed by atoms with Crippen molar-refractivity contribution in [1.82, 2.24) is 14.9 Å². The summed E-state index contributed by atoms with van der Waals surface area (Å²) in [6.07, 6.45) is 5.18. The van der Waals surface area contributed by atoms with E-state index >= 15 is 0 Å². The molecular weight excluding hydrogens is 360 g/mol. The molecular formula is C24H28N4O. The second kappa shape index (κ2) is 9.16. The van der Waals surface area contributed by atoms with Gasteiger partial charge in [0.05, 0.1) is 24.2 Å². The number of nitrogens with zero attached hydrogens (tertiary/aromatic N) is 3. The van der Waals surface area contributed by atoms with Crippen LogP contribution in [-0.4, -0.2) is 39.2 Å². The van der Waals surface area contributed by atoms with Gasteiger partial charge in [0, 0.05) is 31.2 Å². The number of aliphatic hydroxyl groups is 1. The first-order chi connectivity index (χ1) is 14.2.